The van der Waals surface area contributed by atoms with E-state index in [2.05, 4.69) is 135 Å². The second-order valence-corrected chi connectivity index (χ2v) is 10.3. The second-order valence-electron chi connectivity index (χ2n) is 10.3. The van der Waals surface area contributed by atoms with Crippen molar-refractivity contribution in [3.63, 3.8) is 0 Å². The normalized spacial score (nSPS) is 11.5. The molecule has 0 aliphatic carbocycles. The summed E-state index contributed by atoms with van der Waals surface area (Å²) in [6.07, 6.45) is 0. The van der Waals surface area contributed by atoms with Crippen molar-refractivity contribution in [1.29, 1.82) is 0 Å². The average Bonchev–Trinajstić information content (AvgIpc) is 3.28. The van der Waals surface area contributed by atoms with Gasteiger partial charge in [-0.15, -0.1) is 0 Å². The Morgan fingerprint density at radius 1 is 0.357 bits per heavy atom. The molecular weight excluding hydrogens is 413 g/mol. The zero-order valence-electron chi connectivity index (χ0n) is 19.5. The molecule has 0 amide bonds. The zero-order valence-corrected chi connectivity index (χ0v) is 22.3. The van der Waals surface area contributed by atoms with E-state index < -0.39 is 0 Å². The molecule has 0 aromatic heterocycles. The van der Waals surface area contributed by atoms with Crippen LogP contribution in [0.25, 0.3) is 0 Å². The van der Waals surface area contributed by atoms with Crippen LogP contribution >= 0.6 is 0 Å². The largest absolute Gasteiger partial charge is 3.00 e. The van der Waals surface area contributed by atoms with Gasteiger partial charge < -0.3 is 0 Å². The van der Waals surface area contributed by atoms with Gasteiger partial charge in [0.2, 0.25) is 0 Å². The molecule has 28 heavy (non-hydrogen) atoms. The Morgan fingerprint density at radius 3 is 0.571 bits per heavy atom. The van der Waals surface area contributed by atoms with Gasteiger partial charge in [-0.3, -0.25) is 0 Å². The minimum atomic E-state index is 0. The van der Waals surface area contributed by atoms with Gasteiger partial charge in [0.1, 0.15) is 0 Å². The van der Waals surface area contributed by atoms with Crippen LogP contribution in [0.5, 0.6) is 0 Å². The standard InChI is InChI=1S/3C9H13.Y/c3*1-9(2,3)8-6-4-5-7-8;/h3*4-7H,1-3H3;/q3*-1;+3. The molecule has 0 nitrogen and oxygen atoms in total. The van der Waals surface area contributed by atoms with Gasteiger partial charge in [-0.1, -0.05) is 78.6 Å². The molecule has 0 radical (unpaired) electrons. The first-order valence-electron chi connectivity index (χ1n) is 9.98. The number of hydrogen-bond acceptors (Lipinski definition) is 0. The van der Waals surface area contributed by atoms with Crippen molar-refractivity contribution in [3.8, 4) is 0 Å². The van der Waals surface area contributed by atoms with Gasteiger partial charge in [0.15, 0.2) is 0 Å². The fourth-order valence-electron chi connectivity index (χ4n) is 2.62. The summed E-state index contributed by atoms with van der Waals surface area (Å²) in [5, 5.41) is 0. The van der Waals surface area contributed by atoms with Crippen LogP contribution in [-0.4, -0.2) is 0 Å². The van der Waals surface area contributed by atoms with Crippen molar-refractivity contribution in [1.82, 2.24) is 0 Å². The van der Waals surface area contributed by atoms with E-state index in [9.17, 15) is 0 Å². The van der Waals surface area contributed by atoms with Crippen molar-refractivity contribution in [2.24, 2.45) is 0 Å². The van der Waals surface area contributed by atoms with E-state index >= 15 is 0 Å². The Balaban J connectivity index is 0.000000384. The summed E-state index contributed by atoms with van der Waals surface area (Å²) in [5.74, 6) is 0. The van der Waals surface area contributed by atoms with Crippen LogP contribution in [0.3, 0.4) is 0 Å². The fraction of sp³-hybridized carbons (Fsp3) is 0.444. The molecule has 150 valence electrons. The van der Waals surface area contributed by atoms with Crippen molar-refractivity contribution < 1.29 is 32.7 Å². The minimum absolute atomic E-state index is 0. The van der Waals surface area contributed by atoms with Crippen LogP contribution in [-0.2, 0) is 49.0 Å². The molecule has 0 aliphatic rings. The van der Waals surface area contributed by atoms with Crippen molar-refractivity contribution in [3.05, 3.63) is 89.5 Å². The molecule has 3 rings (SSSR count). The molecule has 0 spiro atoms. The molecule has 3 aromatic rings. The van der Waals surface area contributed by atoms with Crippen LogP contribution in [0.15, 0.2) is 72.8 Å². The predicted molar refractivity (Wildman–Crippen MR) is 122 cm³/mol. The number of rotatable bonds is 0. The van der Waals surface area contributed by atoms with Crippen molar-refractivity contribution in [2.75, 3.05) is 0 Å². The van der Waals surface area contributed by atoms with Crippen LogP contribution in [0.4, 0.5) is 0 Å². The summed E-state index contributed by atoms with van der Waals surface area (Å²) >= 11 is 0. The SMILES string of the molecule is CC(C)(C)[c-]1cccc1.CC(C)(C)[c-]1cccc1.CC(C)(C)[c-]1cccc1.[Y+3]. The van der Waals surface area contributed by atoms with Gasteiger partial charge in [-0.25, -0.2) is 36.4 Å². The van der Waals surface area contributed by atoms with Gasteiger partial charge in [0, 0.05) is 0 Å². The molecule has 0 unspecified atom stereocenters. The van der Waals surface area contributed by atoms with Crippen molar-refractivity contribution >= 4 is 0 Å². The van der Waals surface area contributed by atoms with Gasteiger partial charge in [0.05, 0.1) is 0 Å². The summed E-state index contributed by atoms with van der Waals surface area (Å²) < 4.78 is 0. The van der Waals surface area contributed by atoms with E-state index in [-0.39, 0.29) is 32.7 Å². The molecule has 0 aliphatic heterocycles. The summed E-state index contributed by atoms with van der Waals surface area (Å²) in [7, 11) is 0. The summed E-state index contributed by atoms with van der Waals surface area (Å²) in [5.41, 5.74) is 5.23. The molecule has 1 heteroatoms. The van der Waals surface area contributed by atoms with E-state index in [0.29, 0.717) is 16.2 Å². The van der Waals surface area contributed by atoms with Crippen LogP contribution in [0.1, 0.15) is 79.0 Å². The third-order valence-corrected chi connectivity index (χ3v) is 4.59. The zero-order chi connectivity index (χ0) is 20.7. The predicted octanol–water partition coefficient (Wildman–Crippen LogP) is 8.11. The first kappa shape index (κ1) is 27.2. The third-order valence-electron chi connectivity index (χ3n) is 4.59. The maximum absolute atomic E-state index is 2.22. The monoisotopic (exact) mass is 452 g/mol. The summed E-state index contributed by atoms with van der Waals surface area (Å²) in [6, 6.07) is 25.5. The Bertz CT molecular complexity index is 599. The van der Waals surface area contributed by atoms with Crippen molar-refractivity contribution in [2.45, 2.75) is 78.6 Å². The average molecular weight is 453 g/mol. The summed E-state index contributed by atoms with van der Waals surface area (Å²) in [4.78, 5) is 0. The van der Waals surface area contributed by atoms with E-state index in [4.69, 9.17) is 0 Å². The Labute approximate surface area is 199 Å². The minimum Gasteiger partial charge on any atom is -0.213 e. The maximum atomic E-state index is 2.22. The molecule has 0 bridgehead atoms. The van der Waals surface area contributed by atoms with E-state index in [1.807, 2.05) is 0 Å². The Kier molecular flexibility index (Phi) is 11.0. The maximum Gasteiger partial charge on any atom is 3.00 e. The van der Waals surface area contributed by atoms with Gasteiger partial charge in [0.25, 0.3) is 0 Å². The molecular formula is C27H39Y. The van der Waals surface area contributed by atoms with Gasteiger partial charge in [-0.05, 0) is 0 Å². The molecule has 0 saturated heterocycles. The van der Waals surface area contributed by atoms with E-state index in [0.717, 1.165) is 0 Å². The summed E-state index contributed by atoms with van der Waals surface area (Å²) in [6.45, 7) is 20.0. The first-order valence-corrected chi connectivity index (χ1v) is 9.98. The van der Waals surface area contributed by atoms with Crippen LogP contribution in [0.2, 0.25) is 0 Å². The van der Waals surface area contributed by atoms with Gasteiger partial charge in [-0.2, -0.15) is 53.1 Å². The van der Waals surface area contributed by atoms with E-state index in [1.165, 1.54) is 16.7 Å². The van der Waals surface area contributed by atoms with Crippen LogP contribution in [0, 0.1) is 0 Å². The van der Waals surface area contributed by atoms with Gasteiger partial charge >= 0.3 is 32.7 Å². The fourth-order valence-corrected chi connectivity index (χ4v) is 2.62. The molecule has 3 aromatic carbocycles. The Morgan fingerprint density at radius 2 is 0.500 bits per heavy atom. The van der Waals surface area contributed by atoms with Crippen LogP contribution < -0.4 is 0 Å². The number of hydrogen-bond donors (Lipinski definition) is 0. The topological polar surface area (TPSA) is 0 Å². The second kappa shape index (κ2) is 11.4. The Hall–Kier alpha value is -0.846. The smallest absolute Gasteiger partial charge is 0.213 e. The first-order chi connectivity index (χ1) is 12.3. The molecule has 0 heterocycles. The quantitative estimate of drug-likeness (QED) is 0.302. The molecule has 0 N–H and O–H groups in total. The molecule has 0 saturated carbocycles. The molecule has 0 atom stereocenters. The third kappa shape index (κ3) is 10.1. The molecule has 0 fully saturated rings. The van der Waals surface area contributed by atoms with E-state index in [1.54, 1.807) is 0 Å².